The lowest BCUT2D eigenvalue weighted by Gasteiger charge is -2.10. The maximum Gasteiger partial charge on any atom is 0.138 e. The molecule has 0 unspecified atom stereocenters. The van der Waals surface area contributed by atoms with Gasteiger partial charge in [-0.3, -0.25) is 0 Å². The van der Waals surface area contributed by atoms with Crippen LogP contribution in [0, 0.1) is 0 Å². The first-order valence-electron chi connectivity index (χ1n) is 6.27. The second-order valence-electron chi connectivity index (χ2n) is 4.89. The standard InChI is InChI=1S/C15H22ClNO/c1-11(2)7-8-18-15-6-5-13(9-14(15)16)10-17-12(3)4/h5-7,9,12,17H,8,10H2,1-4H3. The minimum atomic E-state index is 0.470. The monoisotopic (exact) mass is 267 g/mol. The molecule has 1 aromatic rings. The van der Waals surface area contributed by atoms with Crippen LogP contribution in [0.4, 0.5) is 0 Å². The van der Waals surface area contributed by atoms with Crippen LogP contribution in [-0.4, -0.2) is 12.6 Å². The summed E-state index contributed by atoms with van der Waals surface area (Å²) in [6.45, 7) is 9.73. The summed E-state index contributed by atoms with van der Waals surface area (Å²) in [5.41, 5.74) is 2.41. The molecule has 0 atom stereocenters. The molecule has 0 amide bonds. The molecule has 1 N–H and O–H groups in total. The molecule has 0 spiro atoms. The smallest absolute Gasteiger partial charge is 0.138 e. The van der Waals surface area contributed by atoms with E-state index in [-0.39, 0.29) is 0 Å². The first kappa shape index (κ1) is 15.1. The van der Waals surface area contributed by atoms with Crippen LogP contribution in [0.2, 0.25) is 5.02 Å². The lowest BCUT2D eigenvalue weighted by atomic mass is 10.2. The van der Waals surface area contributed by atoms with Crippen molar-refractivity contribution in [3.05, 3.63) is 40.4 Å². The molecule has 0 aromatic heterocycles. The van der Waals surface area contributed by atoms with E-state index in [1.54, 1.807) is 0 Å². The Morgan fingerprint density at radius 3 is 2.67 bits per heavy atom. The molecule has 100 valence electrons. The number of halogens is 1. The molecule has 1 rings (SSSR count). The molecule has 3 heteroatoms. The fourth-order valence-corrected chi connectivity index (χ4v) is 1.65. The van der Waals surface area contributed by atoms with Gasteiger partial charge in [0, 0.05) is 12.6 Å². The van der Waals surface area contributed by atoms with Crippen molar-refractivity contribution in [3.63, 3.8) is 0 Å². The van der Waals surface area contributed by atoms with Gasteiger partial charge in [-0.15, -0.1) is 0 Å². The molecular formula is C15H22ClNO. The normalized spacial score (nSPS) is 10.6. The van der Waals surface area contributed by atoms with E-state index < -0.39 is 0 Å². The van der Waals surface area contributed by atoms with E-state index in [0.29, 0.717) is 17.7 Å². The molecule has 0 aliphatic carbocycles. The molecular weight excluding hydrogens is 246 g/mol. The number of hydrogen-bond donors (Lipinski definition) is 1. The van der Waals surface area contributed by atoms with Crippen LogP contribution in [0.15, 0.2) is 29.8 Å². The number of ether oxygens (including phenoxy) is 1. The Balaban J connectivity index is 2.59. The van der Waals surface area contributed by atoms with Crippen molar-refractivity contribution in [2.75, 3.05) is 6.61 Å². The summed E-state index contributed by atoms with van der Waals surface area (Å²) < 4.78 is 5.60. The molecule has 0 saturated heterocycles. The van der Waals surface area contributed by atoms with Gasteiger partial charge >= 0.3 is 0 Å². The Labute approximate surface area is 115 Å². The summed E-state index contributed by atoms with van der Waals surface area (Å²) in [6, 6.07) is 6.39. The molecule has 0 saturated carbocycles. The van der Waals surface area contributed by atoms with Crippen molar-refractivity contribution in [1.82, 2.24) is 5.32 Å². The molecule has 2 nitrogen and oxygen atoms in total. The van der Waals surface area contributed by atoms with Crippen LogP contribution >= 0.6 is 11.6 Å². The molecule has 0 radical (unpaired) electrons. The third-order valence-corrected chi connectivity index (χ3v) is 2.74. The largest absolute Gasteiger partial charge is 0.488 e. The zero-order valence-corrected chi connectivity index (χ0v) is 12.3. The Bertz CT molecular complexity index is 409. The van der Waals surface area contributed by atoms with Crippen molar-refractivity contribution in [2.45, 2.75) is 40.3 Å². The zero-order chi connectivity index (χ0) is 13.5. The van der Waals surface area contributed by atoms with E-state index in [9.17, 15) is 0 Å². The number of benzene rings is 1. The minimum Gasteiger partial charge on any atom is -0.488 e. The van der Waals surface area contributed by atoms with Gasteiger partial charge in [0.2, 0.25) is 0 Å². The van der Waals surface area contributed by atoms with Crippen LogP contribution in [0.5, 0.6) is 5.75 Å². The highest BCUT2D eigenvalue weighted by molar-refractivity contribution is 6.32. The predicted molar refractivity (Wildman–Crippen MR) is 78.4 cm³/mol. The lowest BCUT2D eigenvalue weighted by Crippen LogP contribution is -2.21. The Morgan fingerprint density at radius 2 is 2.11 bits per heavy atom. The van der Waals surface area contributed by atoms with E-state index in [0.717, 1.165) is 12.3 Å². The second-order valence-corrected chi connectivity index (χ2v) is 5.30. The van der Waals surface area contributed by atoms with E-state index >= 15 is 0 Å². The summed E-state index contributed by atoms with van der Waals surface area (Å²) in [4.78, 5) is 0. The van der Waals surface area contributed by atoms with Gasteiger partial charge < -0.3 is 10.1 Å². The van der Waals surface area contributed by atoms with E-state index in [1.165, 1.54) is 11.1 Å². The fraction of sp³-hybridized carbons (Fsp3) is 0.467. The van der Waals surface area contributed by atoms with Crippen LogP contribution in [0.1, 0.15) is 33.3 Å². The minimum absolute atomic E-state index is 0.470. The van der Waals surface area contributed by atoms with Gasteiger partial charge in [0.1, 0.15) is 12.4 Å². The number of hydrogen-bond acceptors (Lipinski definition) is 2. The second kappa shape index (κ2) is 7.45. The van der Waals surface area contributed by atoms with Gasteiger partial charge in [0.15, 0.2) is 0 Å². The van der Waals surface area contributed by atoms with Gasteiger partial charge in [0.25, 0.3) is 0 Å². The van der Waals surface area contributed by atoms with E-state index in [2.05, 4.69) is 19.2 Å². The molecule has 0 aliphatic rings. The maximum absolute atomic E-state index is 6.19. The van der Waals surface area contributed by atoms with Crippen LogP contribution in [0.25, 0.3) is 0 Å². The van der Waals surface area contributed by atoms with Crippen LogP contribution in [-0.2, 0) is 6.54 Å². The summed E-state index contributed by atoms with van der Waals surface area (Å²) in [5.74, 6) is 0.738. The quantitative estimate of drug-likeness (QED) is 0.781. The van der Waals surface area contributed by atoms with E-state index in [4.69, 9.17) is 16.3 Å². The first-order valence-corrected chi connectivity index (χ1v) is 6.65. The third kappa shape index (κ3) is 5.56. The highest BCUT2D eigenvalue weighted by atomic mass is 35.5. The highest BCUT2D eigenvalue weighted by Crippen LogP contribution is 2.25. The Kier molecular flexibility index (Phi) is 6.23. The van der Waals surface area contributed by atoms with Crippen molar-refractivity contribution >= 4 is 11.6 Å². The predicted octanol–water partition coefficient (Wildman–Crippen LogP) is 4.18. The molecule has 1 aromatic carbocycles. The molecule has 0 bridgehead atoms. The average molecular weight is 268 g/mol. The molecule has 18 heavy (non-hydrogen) atoms. The number of allylic oxidation sites excluding steroid dienone is 1. The number of nitrogens with one attached hydrogen (secondary N) is 1. The fourth-order valence-electron chi connectivity index (χ4n) is 1.39. The van der Waals surface area contributed by atoms with Gasteiger partial charge in [-0.1, -0.05) is 37.1 Å². The summed E-state index contributed by atoms with van der Waals surface area (Å²) in [5, 5.41) is 4.02. The number of rotatable bonds is 6. The van der Waals surface area contributed by atoms with Gasteiger partial charge in [-0.05, 0) is 37.6 Å². The molecule has 0 heterocycles. The SMILES string of the molecule is CC(C)=CCOc1ccc(CNC(C)C)cc1Cl. The van der Waals surface area contributed by atoms with Gasteiger partial charge in [0.05, 0.1) is 5.02 Å². The Morgan fingerprint density at radius 1 is 1.39 bits per heavy atom. The maximum atomic E-state index is 6.19. The summed E-state index contributed by atoms with van der Waals surface area (Å²) in [7, 11) is 0. The molecule has 0 fully saturated rings. The van der Waals surface area contributed by atoms with Crippen molar-refractivity contribution in [3.8, 4) is 5.75 Å². The van der Waals surface area contributed by atoms with E-state index in [1.807, 2.05) is 38.1 Å². The summed E-state index contributed by atoms with van der Waals surface area (Å²) in [6.07, 6.45) is 2.03. The Hall–Kier alpha value is -0.990. The van der Waals surface area contributed by atoms with Crippen LogP contribution < -0.4 is 10.1 Å². The highest BCUT2D eigenvalue weighted by Gasteiger charge is 2.03. The van der Waals surface area contributed by atoms with Crippen LogP contribution in [0.3, 0.4) is 0 Å². The van der Waals surface area contributed by atoms with Crippen molar-refractivity contribution < 1.29 is 4.74 Å². The summed E-state index contributed by atoms with van der Waals surface area (Å²) >= 11 is 6.19. The van der Waals surface area contributed by atoms with Crippen molar-refractivity contribution in [2.24, 2.45) is 0 Å². The average Bonchev–Trinajstić information content (AvgIpc) is 2.28. The lowest BCUT2D eigenvalue weighted by molar-refractivity contribution is 0.362. The van der Waals surface area contributed by atoms with Gasteiger partial charge in [-0.25, -0.2) is 0 Å². The zero-order valence-electron chi connectivity index (χ0n) is 11.6. The third-order valence-electron chi connectivity index (χ3n) is 2.44. The topological polar surface area (TPSA) is 21.3 Å². The molecule has 0 aliphatic heterocycles. The van der Waals surface area contributed by atoms with Crippen molar-refractivity contribution in [1.29, 1.82) is 0 Å². The first-order chi connectivity index (χ1) is 8.49. The van der Waals surface area contributed by atoms with Gasteiger partial charge in [-0.2, -0.15) is 0 Å².